The maximum Gasteiger partial charge on any atom is 0.246 e. The summed E-state index contributed by atoms with van der Waals surface area (Å²) in [6, 6.07) is 20.0. The Morgan fingerprint density at radius 2 is 1.60 bits per heavy atom. The maximum atomic E-state index is 12.9. The number of carbonyl (C=O) groups excluding carboxylic acids is 2. The number of carbonyl (C=O) groups is 2. The molecule has 3 rings (SSSR count). The normalized spacial score (nSPS) is 16.0. The zero-order chi connectivity index (χ0) is 21.3. The van der Waals surface area contributed by atoms with Crippen LogP contribution in [0.1, 0.15) is 50.3 Å². The highest BCUT2D eigenvalue weighted by molar-refractivity contribution is 5.92. The summed E-state index contributed by atoms with van der Waals surface area (Å²) in [4.78, 5) is 27.2. The van der Waals surface area contributed by atoms with Gasteiger partial charge in [-0.25, -0.2) is 0 Å². The van der Waals surface area contributed by atoms with E-state index in [0.717, 1.165) is 17.5 Å². The monoisotopic (exact) mass is 404 g/mol. The van der Waals surface area contributed by atoms with Gasteiger partial charge in [-0.15, -0.1) is 0 Å². The molecule has 158 valence electrons. The van der Waals surface area contributed by atoms with Gasteiger partial charge >= 0.3 is 0 Å². The van der Waals surface area contributed by atoms with E-state index >= 15 is 0 Å². The Kier molecular flexibility index (Phi) is 7.83. The standard InChI is InChI=1S/C26H32N2O2/c1-20(2)19-24(22-11-7-4-8-12-22)27-26(30)23-15-17-28(18-16-23)25(29)14-13-21-9-5-3-6-10-21/h3-14,20,23-24H,15-19H2,1-2H3,(H,27,30). The first-order valence-corrected chi connectivity index (χ1v) is 10.9. The van der Waals surface area contributed by atoms with Crippen LogP contribution in [0.15, 0.2) is 66.7 Å². The minimum atomic E-state index is -0.0365. The van der Waals surface area contributed by atoms with E-state index in [1.807, 2.05) is 59.5 Å². The predicted molar refractivity (Wildman–Crippen MR) is 122 cm³/mol. The van der Waals surface area contributed by atoms with Gasteiger partial charge in [-0.2, -0.15) is 0 Å². The minimum absolute atomic E-state index is 0.0136. The highest BCUT2D eigenvalue weighted by Crippen LogP contribution is 2.24. The molecule has 0 saturated carbocycles. The predicted octanol–water partition coefficient (Wildman–Crippen LogP) is 4.84. The molecule has 0 radical (unpaired) electrons. The molecule has 1 aliphatic rings. The van der Waals surface area contributed by atoms with Gasteiger partial charge in [0.25, 0.3) is 0 Å². The highest BCUT2D eigenvalue weighted by Gasteiger charge is 2.28. The number of hydrogen-bond acceptors (Lipinski definition) is 2. The second kappa shape index (κ2) is 10.8. The third-order valence-corrected chi connectivity index (χ3v) is 5.62. The Morgan fingerprint density at radius 1 is 1.00 bits per heavy atom. The molecule has 1 heterocycles. The number of nitrogens with one attached hydrogen (secondary N) is 1. The molecule has 30 heavy (non-hydrogen) atoms. The first kappa shape index (κ1) is 21.8. The maximum absolute atomic E-state index is 12.9. The van der Waals surface area contributed by atoms with Gasteiger partial charge < -0.3 is 10.2 Å². The Labute approximate surface area is 180 Å². The fourth-order valence-corrected chi connectivity index (χ4v) is 3.92. The van der Waals surface area contributed by atoms with Crippen molar-refractivity contribution in [2.75, 3.05) is 13.1 Å². The van der Waals surface area contributed by atoms with Crippen molar-refractivity contribution >= 4 is 17.9 Å². The Balaban J connectivity index is 1.52. The summed E-state index contributed by atoms with van der Waals surface area (Å²) >= 11 is 0. The molecule has 1 aliphatic heterocycles. The molecule has 2 aromatic carbocycles. The fraction of sp³-hybridized carbons (Fsp3) is 0.385. The van der Waals surface area contributed by atoms with E-state index in [-0.39, 0.29) is 23.8 Å². The van der Waals surface area contributed by atoms with Crippen LogP contribution in [-0.2, 0) is 9.59 Å². The lowest BCUT2D eigenvalue weighted by molar-refractivity contribution is -0.132. The van der Waals surface area contributed by atoms with Crippen molar-refractivity contribution < 1.29 is 9.59 Å². The molecule has 2 aromatic rings. The van der Waals surface area contributed by atoms with E-state index < -0.39 is 0 Å². The van der Waals surface area contributed by atoms with E-state index in [4.69, 9.17) is 0 Å². The summed E-state index contributed by atoms with van der Waals surface area (Å²) in [6.07, 6.45) is 5.80. The quantitative estimate of drug-likeness (QED) is 0.671. The number of likely N-dealkylation sites (tertiary alicyclic amines) is 1. The van der Waals surface area contributed by atoms with Gasteiger partial charge in [0.05, 0.1) is 6.04 Å². The van der Waals surface area contributed by atoms with Crippen LogP contribution in [0.3, 0.4) is 0 Å². The first-order chi connectivity index (χ1) is 14.5. The molecular formula is C26H32N2O2. The molecule has 0 aliphatic carbocycles. The van der Waals surface area contributed by atoms with Crippen molar-refractivity contribution in [1.29, 1.82) is 0 Å². The lowest BCUT2D eigenvalue weighted by Crippen LogP contribution is -2.43. The van der Waals surface area contributed by atoms with Crippen LogP contribution >= 0.6 is 0 Å². The summed E-state index contributed by atoms with van der Waals surface area (Å²) in [5.41, 5.74) is 2.16. The van der Waals surface area contributed by atoms with Crippen molar-refractivity contribution in [2.45, 2.75) is 39.2 Å². The van der Waals surface area contributed by atoms with Gasteiger partial charge in [0.1, 0.15) is 0 Å². The number of benzene rings is 2. The summed E-state index contributed by atoms with van der Waals surface area (Å²) in [7, 11) is 0. The molecular weight excluding hydrogens is 372 g/mol. The second-order valence-corrected chi connectivity index (χ2v) is 8.44. The van der Waals surface area contributed by atoms with Gasteiger partial charge in [0.2, 0.25) is 11.8 Å². The van der Waals surface area contributed by atoms with Crippen LogP contribution in [-0.4, -0.2) is 29.8 Å². The third-order valence-electron chi connectivity index (χ3n) is 5.62. The Hall–Kier alpha value is -2.88. The lowest BCUT2D eigenvalue weighted by Gasteiger charge is -2.32. The van der Waals surface area contributed by atoms with E-state index in [1.54, 1.807) is 6.08 Å². The van der Waals surface area contributed by atoms with E-state index in [2.05, 4.69) is 31.3 Å². The number of amides is 2. The van der Waals surface area contributed by atoms with Crippen LogP contribution in [0.25, 0.3) is 6.08 Å². The van der Waals surface area contributed by atoms with E-state index in [0.29, 0.717) is 31.8 Å². The van der Waals surface area contributed by atoms with Gasteiger partial charge in [0, 0.05) is 25.1 Å². The van der Waals surface area contributed by atoms with Gasteiger partial charge in [-0.3, -0.25) is 9.59 Å². The van der Waals surface area contributed by atoms with Gasteiger partial charge in [-0.05, 0) is 42.4 Å². The zero-order valence-corrected chi connectivity index (χ0v) is 18.0. The molecule has 4 heteroatoms. The Morgan fingerprint density at radius 3 is 2.20 bits per heavy atom. The molecule has 1 saturated heterocycles. The lowest BCUT2D eigenvalue weighted by atomic mass is 9.93. The van der Waals surface area contributed by atoms with Crippen molar-refractivity contribution in [2.24, 2.45) is 11.8 Å². The number of nitrogens with zero attached hydrogens (tertiary/aromatic N) is 1. The summed E-state index contributed by atoms with van der Waals surface area (Å²) < 4.78 is 0. The summed E-state index contributed by atoms with van der Waals surface area (Å²) in [6.45, 7) is 5.59. The number of piperidine rings is 1. The van der Waals surface area contributed by atoms with Gasteiger partial charge in [0.15, 0.2) is 0 Å². The van der Waals surface area contributed by atoms with E-state index in [1.165, 1.54) is 0 Å². The van der Waals surface area contributed by atoms with Crippen molar-refractivity contribution in [3.05, 3.63) is 77.9 Å². The largest absolute Gasteiger partial charge is 0.349 e. The molecule has 0 aromatic heterocycles. The molecule has 1 atom stereocenters. The molecule has 0 spiro atoms. The third kappa shape index (κ3) is 6.31. The minimum Gasteiger partial charge on any atom is -0.349 e. The van der Waals surface area contributed by atoms with Crippen molar-refractivity contribution in [1.82, 2.24) is 10.2 Å². The topological polar surface area (TPSA) is 49.4 Å². The Bertz CT molecular complexity index is 838. The van der Waals surface area contributed by atoms with E-state index in [9.17, 15) is 9.59 Å². The second-order valence-electron chi connectivity index (χ2n) is 8.44. The van der Waals surface area contributed by atoms with Gasteiger partial charge in [-0.1, -0.05) is 74.5 Å². The van der Waals surface area contributed by atoms with Crippen LogP contribution in [0, 0.1) is 11.8 Å². The molecule has 0 bridgehead atoms. The molecule has 2 amide bonds. The van der Waals surface area contributed by atoms with Crippen LogP contribution in [0.5, 0.6) is 0 Å². The van der Waals surface area contributed by atoms with Crippen LogP contribution < -0.4 is 5.32 Å². The number of hydrogen-bond donors (Lipinski definition) is 1. The first-order valence-electron chi connectivity index (χ1n) is 10.9. The average molecular weight is 405 g/mol. The summed E-state index contributed by atoms with van der Waals surface area (Å²) in [5.74, 6) is 0.577. The SMILES string of the molecule is CC(C)CC(NC(=O)C1CCN(C(=O)C=Cc2ccccc2)CC1)c1ccccc1. The average Bonchev–Trinajstić information content (AvgIpc) is 2.78. The highest BCUT2D eigenvalue weighted by atomic mass is 16.2. The molecule has 1 unspecified atom stereocenters. The smallest absolute Gasteiger partial charge is 0.246 e. The molecule has 4 nitrogen and oxygen atoms in total. The zero-order valence-electron chi connectivity index (χ0n) is 18.0. The molecule has 1 N–H and O–H groups in total. The molecule has 1 fully saturated rings. The fourth-order valence-electron chi connectivity index (χ4n) is 3.92. The van der Waals surface area contributed by atoms with Crippen molar-refractivity contribution in [3.63, 3.8) is 0 Å². The van der Waals surface area contributed by atoms with Crippen LogP contribution in [0.4, 0.5) is 0 Å². The number of rotatable bonds is 7. The van der Waals surface area contributed by atoms with Crippen LogP contribution in [0.2, 0.25) is 0 Å². The van der Waals surface area contributed by atoms with Crippen molar-refractivity contribution in [3.8, 4) is 0 Å². The summed E-state index contributed by atoms with van der Waals surface area (Å²) in [5, 5.41) is 3.27.